The number of halogens is 2. The molecule has 1 fully saturated rings. The smallest absolute Gasteiger partial charge is 0.229 e. The number of aryl methyl sites for hydroxylation is 1. The summed E-state index contributed by atoms with van der Waals surface area (Å²) in [7, 11) is -0.230. The highest BCUT2D eigenvalue weighted by Gasteiger charge is 2.24. The lowest BCUT2D eigenvalue weighted by Gasteiger charge is -2.12. The van der Waals surface area contributed by atoms with Crippen molar-refractivity contribution >= 4 is 50.6 Å². The van der Waals surface area contributed by atoms with Crippen LogP contribution in [0, 0.1) is 18.7 Å². The first-order chi connectivity index (χ1) is 15.9. The lowest BCUT2D eigenvalue weighted by Crippen LogP contribution is -2.20. The van der Waals surface area contributed by atoms with E-state index < -0.39 is 16.8 Å². The lowest BCUT2D eigenvalue weighted by molar-refractivity contribution is -0.119. The van der Waals surface area contributed by atoms with E-state index in [1.807, 2.05) is 13.0 Å². The Morgan fingerprint density at radius 3 is 2.70 bits per heavy atom. The SMILES string of the molecule is COc1ccc(-c2sc(NC(=O)C3CCCC3)nc2C)cc1S(=O)Nc1ccc(F)cc1Cl. The molecule has 1 amide bonds. The number of benzene rings is 2. The molecule has 1 unspecified atom stereocenters. The number of anilines is 2. The van der Waals surface area contributed by atoms with Gasteiger partial charge in [0.2, 0.25) is 5.91 Å². The molecule has 3 aromatic rings. The van der Waals surface area contributed by atoms with E-state index in [2.05, 4.69) is 15.0 Å². The van der Waals surface area contributed by atoms with Crippen LogP contribution in [0.15, 0.2) is 41.3 Å². The van der Waals surface area contributed by atoms with Gasteiger partial charge in [0.25, 0.3) is 0 Å². The largest absolute Gasteiger partial charge is 0.495 e. The zero-order valence-electron chi connectivity index (χ0n) is 18.1. The average molecular weight is 508 g/mol. The van der Waals surface area contributed by atoms with Gasteiger partial charge in [0.1, 0.15) is 16.5 Å². The van der Waals surface area contributed by atoms with E-state index in [1.165, 1.54) is 30.6 Å². The van der Waals surface area contributed by atoms with Crippen LogP contribution in [0.25, 0.3) is 10.4 Å². The van der Waals surface area contributed by atoms with Crippen molar-refractivity contribution in [3.8, 4) is 16.2 Å². The van der Waals surface area contributed by atoms with Crippen molar-refractivity contribution in [1.82, 2.24) is 4.98 Å². The number of rotatable bonds is 7. The fourth-order valence-corrected chi connectivity index (χ4v) is 6.10. The predicted molar refractivity (Wildman–Crippen MR) is 131 cm³/mol. The quantitative estimate of drug-likeness (QED) is 0.400. The van der Waals surface area contributed by atoms with Crippen molar-refractivity contribution in [2.75, 3.05) is 17.1 Å². The van der Waals surface area contributed by atoms with Crippen LogP contribution in [0.5, 0.6) is 5.75 Å². The topological polar surface area (TPSA) is 80.3 Å². The summed E-state index contributed by atoms with van der Waals surface area (Å²) in [4.78, 5) is 18.3. The number of aromatic nitrogens is 1. The van der Waals surface area contributed by atoms with Gasteiger partial charge in [-0.2, -0.15) is 0 Å². The van der Waals surface area contributed by atoms with Gasteiger partial charge in [-0.25, -0.2) is 13.6 Å². The van der Waals surface area contributed by atoms with Crippen molar-refractivity contribution in [2.45, 2.75) is 37.5 Å². The van der Waals surface area contributed by atoms with Crippen LogP contribution in [-0.4, -0.2) is 22.2 Å². The van der Waals surface area contributed by atoms with Gasteiger partial charge in [-0.1, -0.05) is 35.8 Å². The second-order valence-corrected chi connectivity index (χ2v) is 10.4. The molecule has 6 nitrogen and oxygen atoms in total. The Bertz CT molecular complexity index is 1210. The van der Waals surface area contributed by atoms with Crippen LogP contribution in [-0.2, 0) is 15.8 Å². The molecule has 1 aliphatic rings. The van der Waals surface area contributed by atoms with Crippen LogP contribution < -0.4 is 14.8 Å². The van der Waals surface area contributed by atoms with Gasteiger partial charge in [-0.05, 0) is 61.7 Å². The summed E-state index contributed by atoms with van der Waals surface area (Å²) in [5.74, 6) is 0.0221. The number of ether oxygens (including phenoxy) is 1. The van der Waals surface area contributed by atoms with Gasteiger partial charge in [0.05, 0.1) is 28.4 Å². The average Bonchev–Trinajstić information content (AvgIpc) is 3.45. The molecule has 1 aliphatic carbocycles. The number of nitrogens with zero attached hydrogens (tertiary/aromatic N) is 1. The van der Waals surface area contributed by atoms with Gasteiger partial charge in [-0.15, -0.1) is 0 Å². The second kappa shape index (κ2) is 10.2. The molecule has 174 valence electrons. The maximum atomic E-state index is 13.3. The molecular formula is C23H23ClFN3O3S2. The maximum Gasteiger partial charge on any atom is 0.229 e. The number of hydrogen-bond acceptors (Lipinski definition) is 5. The highest BCUT2D eigenvalue weighted by atomic mass is 35.5. The van der Waals surface area contributed by atoms with E-state index in [1.54, 1.807) is 12.1 Å². The van der Waals surface area contributed by atoms with Crippen LogP contribution in [0.2, 0.25) is 5.02 Å². The van der Waals surface area contributed by atoms with Crippen LogP contribution in [0.1, 0.15) is 31.4 Å². The van der Waals surface area contributed by atoms with Gasteiger partial charge in [0, 0.05) is 5.92 Å². The van der Waals surface area contributed by atoms with E-state index in [9.17, 15) is 13.4 Å². The molecule has 0 saturated heterocycles. The molecule has 1 aromatic heterocycles. The van der Waals surface area contributed by atoms with Crippen LogP contribution >= 0.6 is 22.9 Å². The third-order valence-electron chi connectivity index (χ3n) is 5.51. The molecule has 2 N–H and O–H groups in total. The third-order valence-corrected chi connectivity index (χ3v) is 8.07. The number of carbonyl (C=O) groups excluding carboxylic acids is 1. The van der Waals surface area contributed by atoms with E-state index in [0.717, 1.165) is 47.9 Å². The molecule has 1 atom stereocenters. The minimum absolute atomic E-state index is 0.0182. The van der Waals surface area contributed by atoms with Crippen molar-refractivity contribution in [1.29, 1.82) is 0 Å². The number of methoxy groups -OCH3 is 1. The van der Waals surface area contributed by atoms with Crippen molar-refractivity contribution in [2.24, 2.45) is 5.92 Å². The second-order valence-electron chi connectivity index (χ2n) is 7.76. The van der Waals surface area contributed by atoms with E-state index in [0.29, 0.717) is 21.5 Å². The number of nitrogens with one attached hydrogen (secondary N) is 2. The van der Waals surface area contributed by atoms with Crippen molar-refractivity contribution in [3.63, 3.8) is 0 Å². The molecule has 0 radical (unpaired) electrons. The number of hydrogen-bond donors (Lipinski definition) is 2. The highest BCUT2D eigenvalue weighted by Crippen LogP contribution is 2.37. The van der Waals surface area contributed by atoms with Crippen LogP contribution in [0.4, 0.5) is 15.2 Å². The molecule has 10 heteroatoms. The Hall–Kier alpha value is -2.49. The summed E-state index contributed by atoms with van der Waals surface area (Å²) < 4.78 is 34.6. The minimum Gasteiger partial charge on any atom is -0.495 e. The molecule has 0 spiro atoms. The highest BCUT2D eigenvalue weighted by molar-refractivity contribution is 7.86. The monoisotopic (exact) mass is 507 g/mol. The zero-order valence-corrected chi connectivity index (χ0v) is 20.5. The van der Waals surface area contributed by atoms with Gasteiger partial charge >= 0.3 is 0 Å². The van der Waals surface area contributed by atoms with E-state index in [-0.39, 0.29) is 16.8 Å². The van der Waals surface area contributed by atoms with Gasteiger partial charge in [-0.3, -0.25) is 9.52 Å². The molecule has 4 rings (SSSR count). The van der Waals surface area contributed by atoms with Gasteiger partial charge < -0.3 is 10.1 Å². The fourth-order valence-electron chi connectivity index (χ4n) is 3.80. The van der Waals surface area contributed by atoms with Crippen molar-refractivity contribution in [3.05, 3.63) is 52.9 Å². The summed E-state index contributed by atoms with van der Waals surface area (Å²) in [6.07, 6.45) is 4.01. The molecule has 1 saturated carbocycles. The molecule has 2 aromatic carbocycles. The Labute approximate surface area is 203 Å². The summed E-state index contributed by atoms with van der Waals surface area (Å²) in [5, 5.41) is 3.62. The Balaban J connectivity index is 1.59. The first-order valence-corrected chi connectivity index (χ1v) is 12.8. The minimum atomic E-state index is -1.72. The van der Waals surface area contributed by atoms with Gasteiger partial charge in [0.15, 0.2) is 16.1 Å². The summed E-state index contributed by atoms with van der Waals surface area (Å²) >= 11 is 7.44. The summed E-state index contributed by atoms with van der Waals surface area (Å²) in [6.45, 7) is 1.87. The maximum absolute atomic E-state index is 13.3. The molecule has 1 heterocycles. The summed E-state index contributed by atoms with van der Waals surface area (Å²) in [6, 6.07) is 9.15. The normalized spacial score (nSPS) is 14.8. The van der Waals surface area contributed by atoms with Crippen molar-refractivity contribution < 1.29 is 18.1 Å². The first-order valence-electron chi connectivity index (χ1n) is 10.5. The Morgan fingerprint density at radius 2 is 2.00 bits per heavy atom. The standard InChI is InChI=1S/C23H23ClFN3O3S2/c1-13-21(32-23(26-13)27-22(29)14-5-3-4-6-14)15-7-10-19(31-2)20(11-15)33(30)28-18-9-8-16(25)12-17(18)24/h7-12,14,28H,3-6H2,1-2H3,(H,26,27,29). The lowest BCUT2D eigenvalue weighted by atomic mass is 10.1. The first kappa shape index (κ1) is 23.7. The molecule has 33 heavy (non-hydrogen) atoms. The van der Waals surface area contributed by atoms with E-state index >= 15 is 0 Å². The third kappa shape index (κ3) is 5.37. The summed E-state index contributed by atoms with van der Waals surface area (Å²) in [5.41, 5.74) is 1.90. The fraction of sp³-hybridized carbons (Fsp3) is 0.304. The molecular weight excluding hydrogens is 485 g/mol. The Kier molecular flexibility index (Phi) is 7.31. The Morgan fingerprint density at radius 1 is 1.24 bits per heavy atom. The predicted octanol–water partition coefficient (Wildman–Crippen LogP) is 6.18. The van der Waals surface area contributed by atoms with E-state index in [4.69, 9.17) is 16.3 Å². The zero-order chi connectivity index (χ0) is 23.5. The molecule has 0 bridgehead atoms. The number of thiazole rings is 1. The number of carbonyl (C=O) groups is 1. The van der Waals surface area contributed by atoms with Crippen LogP contribution in [0.3, 0.4) is 0 Å². The molecule has 0 aliphatic heterocycles. The number of amides is 1.